The van der Waals surface area contributed by atoms with Gasteiger partial charge in [0.25, 0.3) is 0 Å². The van der Waals surface area contributed by atoms with Gasteiger partial charge in [0.15, 0.2) is 11.0 Å². The van der Waals surface area contributed by atoms with Crippen molar-refractivity contribution in [3.8, 4) is 11.4 Å². The van der Waals surface area contributed by atoms with Crippen LogP contribution in [0, 0.1) is 6.92 Å². The van der Waals surface area contributed by atoms with Crippen molar-refractivity contribution in [2.24, 2.45) is 0 Å². The van der Waals surface area contributed by atoms with Crippen molar-refractivity contribution in [1.82, 2.24) is 14.8 Å². The Hall–Kier alpha value is -3.52. The number of rotatable bonds is 8. The van der Waals surface area contributed by atoms with Gasteiger partial charge in [0, 0.05) is 11.4 Å². The summed E-state index contributed by atoms with van der Waals surface area (Å²) < 4.78 is 12.8. The van der Waals surface area contributed by atoms with Crippen LogP contribution in [0.1, 0.15) is 11.3 Å². The molecule has 0 spiro atoms. The molecule has 31 heavy (non-hydrogen) atoms. The van der Waals surface area contributed by atoms with Crippen LogP contribution in [-0.2, 0) is 11.3 Å². The Labute approximate surface area is 184 Å². The molecule has 0 unspecified atom stereocenters. The number of furan rings is 1. The van der Waals surface area contributed by atoms with Gasteiger partial charge in [-0.2, -0.15) is 0 Å². The number of nitrogens with one attached hydrogen (secondary N) is 1. The minimum atomic E-state index is -0.479. The lowest BCUT2D eigenvalue weighted by molar-refractivity contribution is 0.169. The zero-order chi connectivity index (χ0) is 21.5. The molecule has 0 saturated carbocycles. The summed E-state index contributed by atoms with van der Waals surface area (Å²) >= 11 is 1.49. The first-order chi connectivity index (χ1) is 15.2. The molecule has 0 aliphatic rings. The summed E-state index contributed by atoms with van der Waals surface area (Å²) in [7, 11) is 0. The molecule has 1 amide bonds. The van der Waals surface area contributed by atoms with Crippen molar-refractivity contribution in [2.75, 3.05) is 17.7 Å². The largest absolute Gasteiger partial charge is 0.469 e. The number of aromatic nitrogens is 3. The third kappa shape index (κ3) is 5.35. The molecule has 0 aliphatic carbocycles. The second-order valence-corrected chi connectivity index (χ2v) is 7.81. The number of carbonyl (C=O) groups excluding carboxylic acids is 1. The van der Waals surface area contributed by atoms with Gasteiger partial charge in [-0.15, -0.1) is 10.2 Å². The van der Waals surface area contributed by atoms with E-state index in [1.807, 2.05) is 49.4 Å². The van der Waals surface area contributed by atoms with E-state index in [0.29, 0.717) is 18.0 Å². The van der Waals surface area contributed by atoms with Crippen LogP contribution in [0.3, 0.4) is 0 Å². The molecule has 158 valence electrons. The fourth-order valence-electron chi connectivity index (χ4n) is 3.06. The van der Waals surface area contributed by atoms with Crippen molar-refractivity contribution >= 4 is 23.5 Å². The van der Waals surface area contributed by atoms with Gasteiger partial charge in [0.2, 0.25) is 0 Å². The first-order valence-electron chi connectivity index (χ1n) is 9.84. The van der Waals surface area contributed by atoms with Gasteiger partial charge in [0.1, 0.15) is 12.4 Å². The molecule has 0 atom stereocenters. The lowest BCUT2D eigenvalue weighted by Crippen LogP contribution is -2.15. The average Bonchev–Trinajstić information content (AvgIpc) is 3.38. The SMILES string of the molecule is Cc1occc1-c1nnc(SCCOC(=O)Nc2ccccc2)n1Cc1ccccc1. The maximum Gasteiger partial charge on any atom is 0.411 e. The van der Waals surface area contributed by atoms with Crippen LogP contribution in [0.4, 0.5) is 10.5 Å². The molecular weight excluding hydrogens is 412 g/mol. The van der Waals surface area contributed by atoms with Gasteiger partial charge in [-0.1, -0.05) is 60.3 Å². The van der Waals surface area contributed by atoms with Gasteiger partial charge >= 0.3 is 6.09 Å². The van der Waals surface area contributed by atoms with Crippen molar-refractivity contribution in [1.29, 1.82) is 0 Å². The number of thioether (sulfide) groups is 1. The van der Waals surface area contributed by atoms with Crippen LogP contribution in [0.5, 0.6) is 0 Å². The number of aryl methyl sites for hydroxylation is 1. The average molecular weight is 435 g/mol. The Morgan fingerprint density at radius 2 is 1.81 bits per heavy atom. The summed E-state index contributed by atoms with van der Waals surface area (Å²) in [6, 6.07) is 21.2. The summed E-state index contributed by atoms with van der Waals surface area (Å²) in [6.45, 7) is 2.79. The normalized spacial score (nSPS) is 10.7. The van der Waals surface area contributed by atoms with Crippen LogP contribution < -0.4 is 5.32 Å². The molecule has 2 aromatic heterocycles. The first-order valence-corrected chi connectivity index (χ1v) is 10.8. The summed E-state index contributed by atoms with van der Waals surface area (Å²) in [5, 5.41) is 12.2. The van der Waals surface area contributed by atoms with Gasteiger partial charge in [-0.05, 0) is 30.7 Å². The lowest BCUT2D eigenvalue weighted by Gasteiger charge is -2.10. The van der Waals surface area contributed by atoms with Gasteiger partial charge < -0.3 is 9.15 Å². The maximum absolute atomic E-state index is 11.9. The van der Waals surface area contributed by atoms with Crippen LogP contribution in [0.25, 0.3) is 11.4 Å². The highest BCUT2D eigenvalue weighted by Crippen LogP contribution is 2.28. The molecule has 0 aliphatic heterocycles. The predicted molar refractivity (Wildman–Crippen MR) is 120 cm³/mol. The smallest absolute Gasteiger partial charge is 0.411 e. The van der Waals surface area contributed by atoms with E-state index in [1.165, 1.54) is 11.8 Å². The zero-order valence-corrected chi connectivity index (χ0v) is 17.8. The molecule has 2 heterocycles. The topological polar surface area (TPSA) is 82.2 Å². The molecule has 4 rings (SSSR count). The fraction of sp³-hybridized carbons (Fsp3) is 0.174. The number of ether oxygens (including phenoxy) is 1. The number of para-hydroxylation sites is 1. The van der Waals surface area contributed by atoms with Crippen molar-refractivity contribution < 1.29 is 13.9 Å². The van der Waals surface area contributed by atoms with Crippen LogP contribution in [0.15, 0.2) is 82.6 Å². The lowest BCUT2D eigenvalue weighted by atomic mass is 10.2. The maximum atomic E-state index is 11.9. The number of anilines is 1. The highest BCUT2D eigenvalue weighted by atomic mass is 32.2. The monoisotopic (exact) mass is 434 g/mol. The Morgan fingerprint density at radius 3 is 2.52 bits per heavy atom. The van der Waals surface area contributed by atoms with E-state index in [0.717, 1.165) is 27.9 Å². The molecular formula is C23H22N4O3S. The van der Waals surface area contributed by atoms with Crippen LogP contribution >= 0.6 is 11.8 Å². The molecule has 4 aromatic rings. The summed E-state index contributed by atoms with van der Waals surface area (Å²) in [5.74, 6) is 2.10. The Balaban J connectivity index is 1.41. The molecule has 2 aromatic carbocycles. The van der Waals surface area contributed by atoms with E-state index in [4.69, 9.17) is 9.15 Å². The number of hydrogen-bond donors (Lipinski definition) is 1. The molecule has 0 bridgehead atoms. The van der Waals surface area contributed by atoms with Gasteiger partial charge in [-0.3, -0.25) is 9.88 Å². The number of nitrogens with zero attached hydrogens (tertiary/aromatic N) is 3. The third-order valence-electron chi connectivity index (χ3n) is 4.57. The van der Waals surface area contributed by atoms with E-state index in [9.17, 15) is 4.79 Å². The molecule has 8 heteroatoms. The summed E-state index contributed by atoms with van der Waals surface area (Å²) in [6.07, 6.45) is 1.17. The van der Waals surface area contributed by atoms with Gasteiger partial charge in [0.05, 0.1) is 18.4 Å². The minimum absolute atomic E-state index is 0.252. The second kappa shape index (κ2) is 9.99. The molecule has 7 nitrogen and oxygen atoms in total. The molecule has 0 saturated heterocycles. The van der Waals surface area contributed by atoms with E-state index < -0.39 is 6.09 Å². The van der Waals surface area contributed by atoms with E-state index >= 15 is 0 Å². The number of benzene rings is 2. The molecule has 1 N–H and O–H groups in total. The quantitative estimate of drug-likeness (QED) is 0.302. The first kappa shape index (κ1) is 20.7. The van der Waals surface area contributed by atoms with E-state index in [2.05, 4.69) is 32.2 Å². The van der Waals surface area contributed by atoms with E-state index in [-0.39, 0.29) is 6.61 Å². The van der Waals surface area contributed by atoms with Crippen LogP contribution in [-0.4, -0.2) is 33.2 Å². The van der Waals surface area contributed by atoms with Crippen molar-refractivity contribution in [3.05, 3.63) is 84.3 Å². The van der Waals surface area contributed by atoms with Crippen molar-refractivity contribution in [2.45, 2.75) is 18.6 Å². The standard InChI is InChI=1S/C23H22N4O3S/c1-17-20(12-13-29-17)21-25-26-22(27(21)16-18-8-4-2-5-9-18)31-15-14-30-23(28)24-19-10-6-3-7-11-19/h2-13H,14-16H2,1H3,(H,24,28). The highest BCUT2D eigenvalue weighted by Gasteiger charge is 2.18. The van der Waals surface area contributed by atoms with E-state index in [1.54, 1.807) is 18.4 Å². The second-order valence-electron chi connectivity index (χ2n) is 6.74. The predicted octanol–water partition coefficient (Wildman–Crippen LogP) is 5.24. The molecule has 0 radical (unpaired) electrons. The van der Waals surface area contributed by atoms with Gasteiger partial charge in [-0.25, -0.2) is 4.79 Å². The Kier molecular flexibility index (Phi) is 6.68. The highest BCUT2D eigenvalue weighted by molar-refractivity contribution is 7.99. The fourth-order valence-corrected chi connectivity index (χ4v) is 3.82. The number of carbonyl (C=O) groups is 1. The van der Waals surface area contributed by atoms with Crippen LogP contribution in [0.2, 0.25) is 0 Å². The summed E-state index contributed by atoms with van der Waals surface area (Å²) in [5.41, 5.74) is 2.75. The minimum Gasteiger partial charge on any atom is -0.469 e. The third-order valence-corrected chi connectivity index (χ3v) is 5.50. The van der Waals surface area contributed by atoms with Crippen molar-refractivity contribution in [3.63, 3.8) is 0 Å². The summed E-state index contributed by atoms with van der Waals surface area (Å²) in [4.78, 5) is 11.9. The zero-order valence-electron chi connectivity index (χ0n) is 17.0. The number of hydrogen-bond acceptors (Lipinski definition) is 6. The Morgan fingerprint density at radius 1 is 1.06 bits per heavy atom. The Bertz CT molecular complexity index is 1130. The molecule has 0 fully saturated rings. The number of amides is 1.